The lowest BCUT2D eigenvalue weighted by atomic mass is 9.91. The van der Waals surface area contributed by atoms with E-state index < -0.39 is 5.97 Å². The van der Waals surface area contributed by atoms with Gasteiger partial charge >= 0.3 is 5.97 Å². The molecule has 2 unspecified atom stereocenters. The second kappa shape index (κ2) is 4.31. The largest absolute Gasteiger partial charge is 0.480 e. The molecule has 1 spiro atoms. The van der Waals surface area contributed by atoms with Crippen LogP contribution in [0.1, 0.15) is 25.7 Å². The van der Waals surface area contributed by atoms with E-state index in [1.165, 1.54) is 0 Å². The van der Waals surface area contributed by atoms with Crippen molar-refractivity contribution < 1.29 is 14.6 Å². The van der Waals surface area contributed by atoms with E-state index in [-0.39, 0.29) is 17.0 Å². The molecule has 0 bridgehead atoms. The molecule has 2 N–H and O–H groups in total. The van der Waals surface area contributed by atoms with Crippen molar-refractivity contribution in [3.8, 4) is 0 Å². The van der Waals surface area contributed by atoms with Crippen LogP contribution in [0.25, 0.3) is 0 Å². The number of carboxylic acids is 1. The summed E-state index contributed by atoms with van der Waals surface area (Å²) in [7, 11) is 1.73. The van der Waals surface area contributed by atoms with E-state index in [0.29, 0.717) is 5.75 Å². The fourth-order valence-corrected chi connectivity index (χ4v) is 3.96. The van der Waals surface area contributed by atoms with Crippen LogP contribution in [0.15, 0.2) is 0 Å². The molecule has 15 heavy (non-hydrogen) atoms. The summed E-state index contributed by atoms with van der Waals surface area (Å²) in [6, 6.07) is -0.384. The Balaban J connectivity index is 1.99. The van der Waals surface area contributed by atoms with Gasteiger partial charge in [-0.1, -0.05) is 0 Å². The van der Waals surface area contributed by atoms with Crippen molar-refractivity contribution in [1.82, 2.24) is 5.32 Å². The lowest BCUT2D eigenvalue weighted by molar-refractivity contribution is -0.139. The fraction of sp³-hybridized carbons (Fsp3) is 0.900. The third kappa shape index (κ3) is 2.29. The Hall–Kier alpha value is -0.260. The van der Waals surface area contributed by atoms with Crippen LogP contribution in [0, 0.1) is 0 Å². The second-order valence-electron chi connectivity index (χ2n) is 4.29. The molecule has 1 saturated heterocycles. The fourth-order valence-electron chi connectivity index (χ4n) is 2.43. The van der Waals surface area contributed by atoms with Gasteiger partial charge in [-0.2, -0.15) is 0 Å². The summed E-state index contributed by atoms with van der Waals surface area (Å²) < 4.78 is 5.37. The molecule has 0 aromatic carbocycles. The van der Waals surface area contributed by atoms with Gasteiger partial charge in [0.05, 0.1) is 11.0 Å². The minimum atomic E-state index is -0.737. The number of hydrogen-bond donors (Lipinski definition) is 2. The van der Waals surface area contributed by atoms with Gasteiger partial charge < -0.3 is 9.84 Å². The monoisotopic (exact) mass is 231 g/mol. The van der Waals surface area contributed by atoms with Crippen molar-refractivity contribution in [3.05, 3.63) is 0 Å². The summed E-state index contributed by atoms with van der Waals surface area (Å²) in [4.78, 5) is 10.8. The summed E-state index contributed by atoms with van der Waals surface area (Å²) in [6.45, 7) is 0. The lowest BCUT2D eigenvalue weighted by Gasteiger charge is -2.37. The standard InChI is InChI=1S/C10H17NO3S/c1-14-7-3-2-4-10(5-7)11-8(6-15-10)9(12)13/h7-8,11H,2-6H2,1H3,(H,12,13)/t7?,8-,10?/m1/s1. The first-order valence-corrected chi connectivity index (χ1v) is 6.31. The summed E-state index contributed by atoms with van der Waals surface area (Å²) in [6.07, 6.45) is 4.48. The molecule has 2 rings (SSSR count). The molecular weight excluding hydrogens is 214 g/mol. The zero-order valence-corrected chi connectivity index (χ0v) is 9.68. The van der Waals surface area contributed by atoms with Crippen LogP contribution >= 0.6 is 11.8 Å². The van der Waals surface area contributed by atoms with Gasteiger partial charge in [-0.25, -0.2) is 0 Å². The van der Waals surface area contributed by atoms with E-state index in [2.05, 4.69) is 5.32 Å². The summed E-state index contributed by atoms with van der Waals surface area (Å²) >= 11 is 1.75. The Morgan fingerprint density at radius 2 is 2.47 bits per heavy atom. The number of methoxy groups -OCH3 is 1. The van der Waals surface area contributed by atoms with Crippen molar-refractivity contribution in [2.45, 2.75) is 42.7 Å². The number of aliphatic carboxylic acids is 1. The van der Waals surface area contributed by atoms with Crippen LogP contribution in [0.4, 0.5) is 0 Å². The average molecular weight is 231 g/mol. The molecule has 1 saturated carbocycles. The van der Waals surface area contributed by atoms with E-state index in [0.717, 1.165) is 25.7 Å². The predicted molar refractivity (Wildman–Crippen MR) is 59.0 cm³/mol. The highest BCUT2D eigenvalue weighted by molar-refractivity contribution is 8.01. The van der Waals surface area contributed by atoms with Gasteiger partial charge in [0.25, 0.3) is 0 Å². The number of carbonyl (C=O) groups is 1. The molecule has 0 amide bonds. The van der Waals surface area contributed by atoms with Crippen LogP contribution < -0.4 is 5.32 Å². The van der Waals surface area contributed by atoms with E-state index in [4.69, 9.17) is 9.84 Å². The van der Waals surface area contributed by atoms with Crippen LogP contribution in [0.5, 0.6) is 0 Å². The second-order valence-corrected chi connectivity index (χ2v) is 5.70. The summed E-state index contributed by atoms with van der Waals surface area (Å²) in [5.41, 5.74) is 0. The molecule has 2 fully saturated rings. The lowest BCUT2D eigenvalue weighted by Crippen LogP contribution is -2.48. The molecule has 3 atom stereocenters. The molecule has 2 aliphatic rings. The number of carboxylic acid groups (broad SMARTS) is 1. The maximum absolute atomic E-state index is 10.9. The first-order valence-electron chi connectivity index (χ1n) is 5.32. The van der Waals surface area contributed by atoms with Gasteiger partial charge in [0.2, 0.25) is 0 Å². The zero-order chi connectivity index (χ0) is 10.9. The molecular formula is C10H17NO3S. The molecule has 1 aliphatic carbocycles. The van der Waals surface area contributed by atoms with Crippen LogP contribution in [-0.4, -0.2) is 41.0 Å². The molecule has 1 heterocycles. The third-order valence-electron chi connectivity index (χ3n) is 3.26. The smallest absolute Gasteiger partial charge is 0.321 e. The number of rotatable bonds is 2. The highest BCUT2D eigenvalue weighted by Crippen LogP contribution is 2.42. The first kappa shape index (κ1) is 11.2. The molecule has 1 aliphatic heterocycles. The van der Waals surface area contributed by atoms with Crippen molar-refractivity contribution in [3.63, 3.8) is 0 Å². The highest BCUT2D eigenvalue weighted by atomic mass is 32.2. The Morgan fingerprint density at radius 3 is 3.07 bits per heavy atom. The van der Waals surface area contributed by atoms with Crippen molar-refractivity contribution >= 4 is 17.7 Å². The Labute approximate surface area is 93.8 Å². The molecule has 4 nitrogen and oxygen atoms in total. The van der Waals surface area contributed by atoms with E-state index in [1.807, 2.05) is 0 Å². The number of nitrogens with one attached hydrogen (secondary N) is 1. The SMILES string of the molecule is COC1CCCC2(C1)N[C@@H](C(=O)O)CS2. The van der Waals surface area contributed by atoms with Gasteiger partial charge in [-0.05, 0) is 19.3 Å². The normalized spacial score (nSPS) is 40.9. The minimum absolute atomic E-state index is 0.0397. The summed E-state index contributed by atoms with van der Waals surface area (Å²) in [5.74, 6) is -0.0647. The van der Waals surface area contributed by atoms with Crippen LogP contribution in [-0.2, 0) is 9.53 Å². The summed E-state index contributed by atoms with van der Waals surface area (Å²) in [5, 5.41) is 12.2. The first-order chi connectivity index (χ1) is 7.15. The van der Waals surface area contributed by atoms with Gasteiger partial charge in [0, 0.05) is 19.3 Å². The van der Waals surface area contributed by atoms with Crippen molar-refractivity contribution in [1.29, 1.82) is 0 Å². The van der Waals surface area contributed by atoms with Crippen molar-refractivity contribution in [2.75, 3.05) is 12.9 Å². The predicted octanol–water partition coefficient (Wildman–Crippen LogP) is 1.06. The van der Waals surface area contributed by atoms with E-state index in [9.17, 15) is 4.79 Å². The van der Waals surface area contributed by atoms with Crippen LogP contribution in [0.3, 0.4) is 0 Å². The van der Waals surface area contributed by atoms with E-state index in [1.54, 1.807) is 18.9 Å². The highest BCUT2D eigenvalue weighted by Gasteiger charge is 2.44. The molecule has 0 aromatic heterocycles. The molecule has 5 heteroatoms. The van der Waals surface area contributed by atoms with Crippen LogP contribution in [0.2, 0.25) is 0 Å². The van der Waals surface area contributed by atoms with Gasteiger partial charge in [0.15, 0.2) is 0 Å². The molecule has 86 valence electrons. The quantitative estimate of drug-likeness (QED) is 0.744. The molecule has 0 radical (unpaired) electrons. The van der Waals surface area contributed by atoms with E-state index >= 15 is 0 Å². The van der Waals surface area contributed by atoms with Gasteiger partial charge in [-0.15, -0.1) is 11.8 Å². The Morgan fingerprint density at radius 1 is 1.67 bits per heavy atom. The number of thioether (sulfide) groups is 1. The third-order valence-corrected chi connectivity index (χ3v) is 4.80. The number of hydrogen-bond acceptors (Lipinski definition) is 4. The molecule has 0 aromatic rings. The number of ether oxygens (including phenoxy) is 1. The Kier molecular flexibility index (Phi) is 3.23. The maximum Gasteiger partial charge on any atom is 0.321 e. The van der Waals surface area contributed by atoms with Gasteiger partial charge in [0.1, 0.15) is 6.04 Å². The zero-order valence-electron chi connectivity index (χ0n) is 8.86. The topological polar surface area (TPSA) is 58.6 Å². The minimum Gasteiger partial charge on any atom is -0.480 e. The Bertz CT molecular complexity index is 261. The maximum atomic E-state index is 10.9. The van der Waals surface area contributed by atoms with Gasteiger partial charge in [-0.3, -0.25) is 10.1 Å². The van der Waals surface area contributed by atoms with Crippen molar-refractivity contribution in [2.24, 2.45) is 0 Å². The average Bonchev–Trinajstić information content (AvgIpc) is 2.62.